The molecule has 0 rings (SSSR count). The van der Waals surface area contributed by atoms with E-state index in [0.29, 0.717) is 0 Å². The molecule has 0 aromatic carbocycles. The van der Waals surface area contributed by atoms with Crippen LogP contribution >= 0.6 is 0 Å². The zero-order valence-electron chi connectivity index (χ0n) is 6.01. The number of methoxy groups -OCH3 is 1. The van der Waals surface area contributed by atoms with E-state index in [4.69, 9.17) is 0 Å². The van der Waals surface area contributed by atoms with Gasteiger partial charge < -0.3 is 9.47 Å². The summed E-state index contributed by atoms with van der Waals surface area (Å²) in [7, 11) is 1.48. The van der Waals surface area contributed by atoms with E-state index in [1.165, 1.54) is 14.0 Å². The third-order valence-corrected chi connectivity index (χ3v) is 0.664. The third-order valence-electron chi connectivity index (χ3n) is 0.664. The molecule has 3 nitrogen and oxygen atoms in total. The van der Waals surface area contributed by atoms with E-state index in [1.807, 2.05) is 0 Å². The second-order valence-electron chi connectivity index (χ2n) is 1.41. The minimum absolute atomic E-state index is 0. The van der Waals surface area contributed by atoms with Crippen molar-refractivity contribution in [1.29, 1.82) is 0 Å². The molecule has 0 spiro atoms. The van der Waals surface area contributed by atoms with Gasteiger partial charge in [0.15, 0.2) is 6.29 Å². The van der Waals surface area contributed by atoms with Crippen LogP contribution in [0, 0.1) is 0 Å². The Labute approximate surface area is 75.2 Å². The van der Waals surface area contributed by atoms with Gasteiger partial charge in [0.25, 0.3) is 0 Å². The fourth-order valence-corrected chi connectivity index (χ4v) is 0.282. The molecule has 0 amide bonds. The number of rotatable bonds is 2. The molecule has 48 valence electrons. The quantitative estimate of drug-likeness (QED) is 0.423. The zero-order chi connectivity index (χ0) is 6.57. The Morgan fingerprint density at radius 1 is 1.56 bits per heavy atom. The topological polar surface area (TPSA) is 35.5 Å². The molecule has 0 bridgehead atoms. The van der Waals surface area contributed by atoms with E-state index in [2.05, 4.69) is 9.47 Å². The average molecular weight is 319 g/mol. The molecular weight excluding hydrogens is 309 g/mol. The first-order chi connectivity index (χ1) is 3.66. The smallest absolute Gasteiger partial charge is 0.436 e. The average Bonchev–Trinajstić information content (AvgIpc) is 1.65. The molecule has 0 aliphatic rings. The maximum absolute atomic E-state index is 10.1. The Morgan fingerprint density at radius 2 is 2.00 bits per heavy atom. The number of ether oxygens (including phenoxy) is 2. The number of esters is 1. The molecule has 9 heavy (non-hydrogen) atoms. The van der Waals surface area contributed by atoms with Crippen LogP contribution in [0.5, 0.6) is 0 Å². The summed E-state index contributed by atoms with van der Waals surface area (Å²) in [6.07, 6.45) is -0.424. The molecule has 0 aliphatic heterocycles. The summed E-state index contributed by atoms with van der Waals surface area (Å²) in [5, 5.41) is 0. The number of hydrogen-bond acceptors (Lipinski definition) is 3. The second kappa shape index (κ2) is 6.48. The van der Waals surface area contributed by atoms with E-state index in [-0.39, 0.29) is 33.6 Å². The Balaban J connectivity index is 0. The summed E-state index contributed by atoms with van der Waals surface area (Å²) in [6.45, 7) is 3.00. The van der Waals surface area contributed by atoms with Gasteiger partial charge in [-0.2, -0.15) is 0 Å². The van der Waals surface area contributed by atoms with Crippen molar-refractivity contribution in [3.8, 4) is 0 Å². The van der Waals surface area contributed by atoms with Gasteiger partial charge in [-0.15, -0.1) is 0 Å². The first-order valence-corrected chi connectivity index (χ1v) is 2.37. The van der Waals surface area contributed by atoms with Crippen molar-refractivity contribution in [2.24, 2.45) is 0 Å². The molecule has 1 unspecified atom stereocenters. The van der Waals surface area contributed by atoms with Gasteiger partial charge >= 0.3 is 33.6 Å². The maximum atomic E-state index is 10.1. The SMILES string of the molecule is COC(C)OC(C)=O.[Hg+2]. The van der Waals surface area contributed by atoms with E-state index in [0.717, 1.165) is 0 Å². The van der Waals surface area contributed by atoms with Gasteiger partial charge in [0.05, 0.1) is 0 Å². The number of carbonyl (C=O) groups excluding carboxylic acids is 1. The van der Waals surface area contributed by atoms with Crippen molar-refractivity contribution in [3.63, 3.8) is 0 Å². The minimum Gasteiger partial charge on any atom is -0.436 e. The Bertz CT molecular complexity index is 84.3. The molecule has 0 heterocycles. The van der Waals surface area contributed by atoms with Gasteiger partial charge in [0, 0.05) is 14.0 Å². The molecule has 4 heteroatoms. The summed E-state index contributed by atoms with van der Waals surface area (Å²) in [5.41, 5.74) is 0. The summed E-state index contributed by atoms with van der Waals surface area (Å²) >= 11 is 0. The Hall–Kier alpha value is 0.365. The van der Waals surface area contributed by atoms with Gasteiger partial charge in [-0.05, 0) is 6.92 Å². The summed E-state index contributed by atoms with van der Waals surface area (Å²) in [6, 6.07) is 0. The Kier molecular flexibility index (Phi) is 8.70. The van der Waals surface area contributed by atoms with Crippen LogP contribution in [-0.4, -0.2) is 19.4 Å². The van der Waals surface area contributed by atoms with Crippen molar-refractivity contribution in [1.82, 2.24) is 0 Å². The van der Waals surface area contributed by atoms with Crippen LogP contribution in [0.15, 0.2) is 0 Å². The fourth-order valence-electron chi connectivity index (χ4n) is 0.282. The van der Waals surface area contributed by atoms with Crippen molar-refractivity contribution >= 4 is 5.97 Å². The maximum Gasteiger partial charge on any atom is 2.00 e. The first-order valence-electron chi connectivity index (χ1n) is 2.37. The van der Waals surface area contributed by atoms with Gasteiger partial charge in [-0.25, -0.2) is 0 Å². The molecule has 0 aromatic heterocycles. The summed E-state index contributed by atoms with van der Waals surface area (Å²) < 4.78 is 9.16. The molecule has 0 N–H and O–H groups in total. The van der Waals surface area contributed by atoms with Crippen LogP contribution < -0.4 is 0 Å². The number of hydrogen-bond donors (Lipinski definition) is 0. The van der Waals surface area contributed by atoms with E-state index in [9.17, 15) is 4.79 Å². The van der Waals surface area contributed by atoms with Crippen molar-refractivity contribution < 1.29 is 41.9 Å². The predicted molar refractivity (Wildman–Crippen MR) is 28.2 cm³/mol. The monoisotopic (exact) mass is 320 g/mol. The molecule has 0 aromatic rings. The van der Waals surface area contributed by atoms with Crippen LogP contribution in [-0.2, 0) is 41.9 Å². The standard InChI is InChI=1S/C5H10O3.Hg/c1-4(6)8-5(2)7-3;/h5H,1-3H3;/q;+2. The van der Waals surface area contributed by atoms with Crippen LogP contribution in [0.1, 0.15) is 13.8 Å². The number of carbonyl (C=O) groups is 1. The second-order valence-corrected chi connectivity index (χ2v) is 1.41. The van der Waals surface area contributed by atoms with E-state index < -0.39 is 6.29 Å². The fraction of sp³-hybridized carbons (Fsp3) is 0.800. The van der Waals surface area contributed by atoms with Crippen molar-refractivity contribution in [2.45, 2.75) is 20.1 Å². The Morgan fingerprint density at radius 3 is 2.11 bits per heavy atom. The van der Waals surface area contributed by atoms with E-state index in [1.54, 1.807) is 6.92 Å². The van der Waals surface area contributed by atoms with Gasteiger partial charge in [0.2, 0.25) is 0 Å². The predicted octanol–water partition coefficient (Wildman–Crippen LogP) is 0.539. The summed E-state index contributed by atoms with van der Waals surface area (Å²) in [5.74, 6) is -0.320. The van der Waals surface area contributed by atoms with Crippen LogP contribution in [0.25, 0.3) is 0 Å². The molecule has 0 aliphatic carbocycles. The zero-order valence-corrected chi connectivity index (χ0v) is 11.5. The largest absolute Gasteiger partial charge is 2.00 e. The van der Waals surface area contributed by atoms with Gasteiger partial charge in [0.1, 0.15) is 0 Å². The molecule has 1 atom stereocenters. The van der Waals surface area contributed by atoms with Crippen molar-refractivity contribution in [2.75, 3.05) is 7.11 Å². The first kappa shape index (κ1) is 12.1. The molecule has 0 radical (unpaired) electrons. The normalized spacial score (nSPS) is 11.4. The molecule has 0 saturated carbocycles. The summed E-state index contributed by atoms with van der Waals surface area (Å²) in [4.78, 5) is 10.1. The van der Waals surface area contributed by atoms with E-state index >= 15 is 0 Å². The van der Waals surface area contributed by atoms with Crippen molar-refractivity contribution in [3.05, 3.63) is 0 Å². The molecular formula is C5H10HgO3+2. The third kappa shape index (κ3) is 8.37. The van der Waals surface area contributed by atoms with Crippen LogP contribution in [0.3, 0.4) is 0 Å². The van der Waals surface area contributed by atoms with Crippen LogP contribution in [0.4, 0.5) is 0 Å². The molecule has 0 fully saturated rings. The molecule has 0 saturated heterocycles. The van der Waals surface area contributed by atoms with Gasteiger partial charge in [-0.3, -0.25) is 4.79 Å². The minimum atomic E-state index is -0.424. The van der Waals surface area contributed by atoms with Crippen LogP contribution in [0.2, 0.25) is 0 Å². The van der Waals surface area contributed by atoms with Gasteiger partial charge in [-0.1, -0.05) is 0 Å².